The zero-order valence-corrected chi connectivity index (χ0v) is 45.9. The van der Waals surface area contributed by atoms with Crippen LogP contribution in [-0.4, -0.2) is 39.6 Å². The minimum atomic E-state index is -0.503. The molecule has 0 saturated carbocycles. The molecule has 9 rings (SSSR count). The molecule has 0 fully saturated rings. The third-order valence-electron chi connectivity index (χ3n) is 10.8. The molecule has 24 heteroatoms. The second kappa shape index (κ2) is 18.7. The van der Waals surface area contributed by atoms with Crippen LogP contribution in [0, 0.1) is 40.5 Å². The first-order chi connectivity index (χ1) is 32.4. The van der Waals surface area contributed by atoms with Crippen LogP contribution in [0.5, 0.6) is 0 Å². The fourth-order valence-electron chi connectivity index (χ4n) is 7.69. The van der Waals surface area contributed by atoms with Crippen LogP contribution in [0.3, 0.4) is 0 Å². The van der Waals surface area contributed by atoms with Gasteiger partial charge in [0.1, 0.15) is 0 Å². The number of H-pyrrole nitrogens is 2. The smallest absolute Gasteiger partial charge is 0.269 e. The van der Waals surface area contributed by atoms with E-state index in [0.29, 0.717) is 125 Å². The Labute approximate surface area is 448 Å². The minimum absolute atomic E-state index is 0.148. The lowest BCUT2D eigenvalue weighted by Crippen LogP contribution is -1.93. The van der Waals surface area contributed by atoms with Crippen LogP contribution < -0.4 is 0 Å². The van der Waals surface area contributed by atoms with Crippen LogP contribution in [0.2, 0.25) is 0 Å². The summed E-state index contributed by atoms with van der Waals surface area (Å²) in [7, 11) is 0. The van der Waals surface area contributed by atoms with Gasteiger partial charge in [0.05, 0.1) is 100 Å². The number of aromatic amines is 2. The predicted octanol–water partition coefficient (Wildman–Crippen LogP) is 16.9. The van der Waals surface area contributed by atoms with Gasteiger partial charge in [-0.1, -0.05) is 0 Å². The van der Waals surface area contributed by atoms with Crippen molar-refractivity contribution in [1.82, 2.24) is 19.9 Å². The van der Waals surface area contributed by atoms with Crippen molar-refractivity contribution in [2.45, 2.75) is 0 Å². The average molecular weight is 1430 g/mol. The molecule has 0 amide bonds. The fraction of sp³-hybridized carbons (Fsp3) is 0. The Morgan fingerprint density at radius 2 is 0.500 bits per heavy atom. The summed E-state index contributed by atoms with van der Waals surface area (Å²) >= 11 is 30.6. The number of non-ortho nitro benzene ring substituents is 4. The molecular weight excluding hydrogens is 1410 g/mol. The van der Waals surface area contributed by atoms with Crippen LogP contribution in [0.4, 0.5) is 22.7 Å². The molecule has 3 aromatic heterocycles. The largest absolute Gasteiger partial charge is 0.352 e. The summed E-state index contributed by atoms with van der Waals surface area (Å²) in [5.74, 6) is 0. The number of aromatic nitrogens is 4. The van der Waals surface area contributed by atoms with Crippen LogP contribution >= 0.6 is 127 Å². The van der Waals surface area contributed by atoms with Gasteiger partial charge in [-0.2, -0.15) is 0 Å². The van der Waals surface area contributed by atoms with Gasteiger partial charge in [-0.05, 0) is 198 Å². The molecule has 0 radical (unpaired) electrons. The normalized spacial score (nSPS) is 12.5. The van der Waals surface area contributed by atoms with Crippen molar-refractivity contribution in [3.05, 3.63) is 178 Å². The van der Waals surface area contributed by atoms with Crippen LogP contribution in [-0.2, 0) is 0 Å². The zero-order chi connectivity index (χ0) is 48.6. The molecule has 2 aliphatic rings. The first-order valence-electron chi connectivity index (χ1n) is 19.0. The molecule has 0 spiro atoms. The van der Waals surface area contributed by atoms with E-state index in [1.165, 1.54) is 48.5 Å². The fourth-order valence-corrected chi connectivity index (χ4v) is 11.6. The summed E-state index contributed by atoms with van der Waals surface area (Å²) in [6.45, 7) is 0. The van der Waals surface area contributed by atoms with Crippen LogP contribution in [0.1, 0.15) is 22.8 Å². The van der Waals surface area contributed by atoms with Crippen LogP contribution in [0.15, 0.2) is 115 Å². The molecule has 338 valence electrons. The minimum Gasteiger partial charge on any atom is -0.352 e. The third-order valence-corrected chi connectivity index (χ3v) is 19.2. The lowest BCUT2D eigenvalue weighted by molar-refractivity contribution is -0.385. The standard InChI is InChI=1S/C44H18Br8N8O8/c45-29-31(47)39-26(18-3-11-22(12-4-18)58(63)64)41-33(49)35(51)43(55-41)28(20-7-15-24(16-8-20)60(67)68)44-36(52)34(50)42(56-44)27(19-5-13-23(14-6-19)59(65)66)40-32(48)30(46)38(54-40)25(37(29)53-39)17-1-9-21(10-2-17)57(61)62/h1-16,53,56H. The van der Waals surface area contributed by atoms with Gasteiger partial charge in [0.25, 0.3) is 22.7 Å². The Morgan fingerprint density at radius 1 is 0.324 bits per heavy atom. The molecule has 7 aromatic rings. The molecule has 0 unspecified atom stereocenters. The Bertz CT molecular complexity index is 3180. The summed E-state index contributed by atoms with van der Waals surface area (Å²) in [6, 6.07) is 23.8. The van der Waals surface area contributed by atoms with Crippen molar-refractivity contribution >= 4 is 190 Å². The van der Waals surface area contributed by atoms with Gasteiger partial charge in [-0.3, -0.25) is 40.5 Å². The van der Waals surface area contributed by atoms with Gasteiger partial charge >= 0.3 is 0 Å². The monoisotopic (exact) mass is 1420 g/mol. The quantitative estimate of drug-likeness (QED) is 0.108. The molecule has 5 heterocycles. The van der Waals surface area contributed by atoms with Gasteiger partial charge in [-0.25, -0.2) is 9.97 Å². The Kier molecular flexibility index (Phi) is 13.2. The van der Waals surface area contributed by atoms with Crippen molar-refractivity contribution in [2.24, 2.45) is 0 Å². The van der Waals surface area contributed by atoms with Crippen molar-refractivity contribution in [3.63, 3.8) is 0 Å². The second-order valence-corrected chi connectivity index (χ2v) is 20.9. The number of nitrogens with one attached hydrogen (secondary N) is 2. The lowest BCUT2D eigenvalue weighted by Gasteiger charge is -2.08. The van der Waals surface area contributed by atoms with Gasteiger partial charge in [0.2, 0.25) is 0 Å². The number of hydrogen-bond donors (Lipinski definition) is 2. The average Bonchev–Trinajstić information content (AvgIpc) is 3.98. The summed E-state index contributed by atoms with van der Waals surface area (Å²) in [6.07, 6.45) is 0. The third kappa shape index (κ3) is 8.24. The predicted molar refractivity (Wildman–Crippen MR) is 289 cm³/mol. The van der Waals surface area contributed by atoms with E-state index in [2.05, 4.69) is 137 Å². The van der Waals surface area contributed by atoms with E-state index in [1.807, 2.05) is 0 Å². The Balaban J connectivity index is 1.58. The summed E-state index contributed by atoms with van der Waals surface area (Å²) in [5.41, 5.74) is 6.57. The summed E-state index contributed by atoms with van der Waals surface area (Å²) in [5, 5.41) is 47.5. The number of nitro groups is 4. The van der Waals surface area contributed by atoms with Crippen molar-refractivity contribution in [3.8, 4) is 44.5 Å². The molecular formula is C44H18Br8N8O8. The van der Waals surface area contributed by atoms with Crippen molar-refractivity contribution in [1.29, 1.82) is 0 Å². The van der Waals surface area contributed by atoms with Crippen molar-refractivity contribution < 1.29 is 19.7 Å². The SMILES string of the molecule is O=[N+]([O-])c1ccc(-c2c3nc(c(-c4ccc([N+](=O)[O-])cc4)c4[nH]c(c(Br)c4Br)c(-c4ccc([N+](=O)[O-])cc4)c4nc(c(-c5ccc([N+](=O)[O-])cc5)c5[nH]c2c(Br)c5Br)C(Br)=C4Br)C(Br)=C3Br)cc1. The number of halogens is 8. The number of rotatable bonds is 8. The highest BCUT2D eigenvalue weighted by Gasteiger charge is 2.31. The topological polar surface area (TPSA) is 230 Å². The number of nitrogens with zero attached hydrogens (tertiary/aromatic N) is 6. The maximum Gasteiger partial charge on any atom is 0.269 e. The molecule has 2 N–H and O–H groups in total. The second-order valence-electron chi connectivity index (χ2n) is 14.6. The number of hydrogen-bond acceptors (Lipinski definition) is 10. The Morgan fingerprint density at radius 3 is 0.662 bits per heavy atom. The number of benzene rings is 4. The maximum atomic E-state index is 11.9. The summed E-state index contributed by atoms with van der Waals surface area (Å²) in [4.78, 5) is 63.3. The van der Waals surface area contributed by atoms with Gasteiger partial charge < -0.3 is 9.97 Å². The zero-order valence-electron chi connectivity index (χ0n) is 33.2. The first-order valence-corrected chi connectivity index (χ1v) is 25.4. The summed E-state index contributed by atoms with van der Waals surface area (Å²) < 4.78 is 3.87. The van der Waals surface area contributed by atoms with Gasteiger partial charge in [-0.15, -0.1) is 0 Å². The molecule has 8 bridgehead atoms. The van der Waals surface area contributed by atoms with E-state index >= 15 is 0 Å². The van der Waals surface area contributed by atoms with Gasteiger partial charge in [0.15, 0.2) is 0 Å². The van der Waals surface area contributed by atoms with E-state index in [-0.39, 0.29) is 22.7 Å². The molecule has 0 atom stereocenters. The van der Waals surface area contributed by atoms with E-state index in [9.17, 15) is 40.5 Å². The lowest BCUT2D eigenvalue weighted by atomic mass is 10.0. The van der Waals surface area contributed by atoms with E-state index in [0.717, 1.165) is 0 Å². The van der Waals surface area contributed by atoms with Gasteiger partial charge in [0, 0.05) is 70.8 Å². The van der Waals surface area contributed by atoms with E-state index < -0.39 is 19.7 Å². The highest BCUT2D eigenvalue weighted by Crippen LogP contribution is 2.53. The Hall–Kier alpha value is -5.08. The first kappa shape index (κ1) is 48.0. The molecule has 16 nitrogen and oxygen atoms in total. The van der Waals surface area contributed by atoms with E-state index in [4.69, 9.17) is 9.97 Å². The molecule has 2 aliphatic heterocycles. The van der Waals surface area contributed by atoms with Crippen LogP contribution in [0.25, 0.3) is 84.5 Å². The van der Waals surface area contributed by atoms with Crippen molar-refractivity contribution in [2.75, 3.05) is 0 Å². The highest BCUT2D eigenvalue weighted by atomic mass is 79.9. The highest BCUT2D eigenvalue weighted by molar-refractivity contribution is 9.18. The molecule has 0 saturated heterocycles. The number of fused-ring (bicyclic) bond motifs is 8. The maximum absolute atomic E-state index is 11.9. The number of nitro benzene ring substituents is 4. The van der Waals surface area contributed by atoms with E-state index in [1.54, 1.807) is 48.5 Å². The molecule has 68 heavy (non-hydrogen) atoms. The molecule has 4 aromatic carbocycles. The molecule has 0 aliphatic carbocycles.